The molecule has 0 amide bonds. The number of hydrogen-bond acceptors (Lipinski definition) is 8. The summed E-state index contributed by atoms with van der Waals surface area (Å²) in [5.41, 5.74) is 3.31. The van der Waals surface area contributed by atoms with Gasteiger partial charge in [-0.1, -0.05) is 37.3 Å². The molecule has 3 heterocycles. The second-order valence-corrected chi connectivity index (χ2v) is 9.09. The van der Waals surface area contributed by atoms with E-state index in [9.17, 15) is 4.79 Å². The lowest BCUT2D eigenvalue weighted by molar-refractivity contribution is 0.101. The van der Waals surface area contributed by atoms with Gasteiger partial charge in [0.15, 0.2) is 10.9 Å². The van der Waals surface area contributed by atoms with E-state index in [-0.39, 0.29) is 11.9 Å². The molecule has 0 spiro atoms. The van der Waals surface area contributed by atoms with E-state index in [0.717, 1.165) is 59.5 Å². The van der Waals surface area contributed by atoms with E-state index in [1.807, 2.05) is 24.3 Å². The van der Waals surface area contributed by atoms with Gasteiger partial charge in [0.2, 0.25) is 5.95 Å². The molecular weight excluding hydrogens is 422 g/mol. The number of ketones is 1. The Morgan fingerprint density at radius 2 is 2.19 bits per heavy atom. The van der Waals surface area contributed by atoms with Crippen molar-refractivity contribution >= 4 is 33.9 Å². The molecule has 8 heteroatoms. The summed E-state index contributed by atoms with van der Waals surface area (Å²) in [6.07, 6.45) is 5.22. The topological polar surface area (TPSA) is 89.0 Å². The highest BCUT2D eigenvalue weighted by atomic mass is 32.1. The van der Waals surface area contributed by atoms with Crippen molar-refractivity contribution in [2.45, 2.75) is 52.1 Å². The minimum atomic E-state index is 0.0224. The van der Waals surface area contributed by atoms with Crippen LogP contribution in [0.1, 0.15) is 62.0 Å². The summed E-state index contributed by atoms with van der Waals surface area (Å²) in [5, 5.41) is 7.57. The quantitative estimate of drug-likeness (QED) is 0.406. The van der Waals surface area contributed by atoms with Crippen LogP contribution >= 0.6 is 11.3 Å². The summed E-state index contributed by atoms with van der Waals surface area (Å²) >= 11 is 1.62. The third-order valence-corrected chi connectivity index (χ3v) is 6.70. The zero-order chi connectivity index (χ0) is 22.5. The molecule has 1 aromatic carbocycles. The first-order chi connectivity index (χ1) is 15.5. The Morgan fingerprint density at radius 1 is 1.31 bits per heavy atom. The third kappa shape index (κ3) is 5.31. The van der Waals surface area contributed by atoms with Gasteiger partial charge in [-0.3, -0.25) is 4.79 Å². The molecule has 1 saturated heterocycles. The monoisotopic (exact) mass is 451 g/mol. The van der Waals surface area contributed by atoms with Crippen LogP contribution in [0.3, 0.4) is 0 Å². The maximum atomic E-state index is 11.7. The van der Waals surface area contributed by atoms with Gasteiger partial charge in [-0.25, -0.2) is 15.0 Å². The number of rotatable bonds is 9. The van der Waals surface area contributed by atoms with Crippen LogP contribution in [0, 0.1) is 0 Å². The Kier molecular flexibility index (Phi) is 7.12. The van der Waals surface area contributed by atoms with Crippen molar-refractivity contribution in [2.24, 2.45) is 0 Å². The number of carbonyl (C=O) groups is 1. The number of Topliss-reactive ketones (excluding diaryl/α,β-unsaturated/α-hetero) is 1. The Labute approximate surface area is 192 Å². The summed E-state index contributed by atoms with van der Waals surface area (Å²) in [6, 6.07) is 9.26. The molecule has 1 aliphatic rings. The Bertz CT molecular complexity index is 1080. The first kappa shape index (κ1) is 22.4. The Balaban J connectivity index is 1.58. The highest BCUT2D eigenvalue weighted by Crippen LogP contribution is 2.37. The molecule has 1 aliphatic heterocycles. The molecule has 32 heavy (non-hydrogen) atoms. The number of hydrogen-bond donors (Lipinski definition) is 2. The second kappa shape index (κ2) is 10.2. The summed E-state index contributed by atoms with van der Waals surface area (Å²) in [7, 11) is 0. The smallest absolute Gasteiger partial charge is 0.227 e. The van der Waals surface area contributed by atoms with Crippen LogP contribution in [0.5, 0.6) is 0 Å². The lowest BCUT2D eigenvalue weighted by Gasteiger charge is -2.10. The third-order valence-electron chi connectivity index (χ3n) is 5.65. The number of ether oxygens (including phenoxy) is 1. The molecule has 0 radical (unpaired) electrons. The minimum Gasteiger partial charge on any atom is -0.376 e. The Morgan fingerprint density at radius 3 is 2.94 bits per heavy atom. The SMILES string of the molecule is CCC(C)c1nc(NCC2CCCO2)sc1-c1ccnc(Nc2cccc(C(C)=O)c2)n1. The maximum Gasteiger partial charge on any atom is 0.227 e. The number of benzene rings is 1. The van der Waals surface area contributed by atoms with Gasteiger partial charge in [0.25, 0.3) is 0 Å². The molecule has 2 aromatic heterocycles. The van der Waals surface area contributed by atoms with E-state index in [1.165, 1.54) is 0 Å². The van der Waals surface area contributed by atoms with Crippen molar-refractivity contribution < 1.29 is 9.53 Å². The summed E-state index contributed by atoms with van der Waals surface area (Å²) in [5.74, 6) is 0.827. The average Bonchev–Trinajstić information content (AvgIpc) is 3.47. The molecular formula is C24H29N5O2S. The fourth-order valence-electron chi connectivity index (χ4n) is 3.62. The van der Waals surface area contributed by atoms with Crippen molar-refractivity contribution in [3.05, 3.63) is 47.8 Å². The van der Waals surface area contributed by atoms with Crippen LogP contribution in [-0.4, -0.2) is 40.0 Å². The maximum absolute atomic E-state index is 11.7. The van der Waals surface area contributed by atoms with E-state index in [1.54, 1.807) is 30.5 Å². The van der Waals surface area contributed by atoms with Gasteiger partial charge in [-0.2, -0.15) is 0 Å². The van der Waals surface area contributed by atoms with Gasteiger partial charge < -0.3 is 15.4 Å². The van der Waals surface area contributed by atoms with E-state index >= 15 is 0 Å². The molecule has 168 valence electrons. The fourth-order valence-corrected chi connectivity index (χ4v) is 4.68. The molecule has 2 atom stereocenters. The first-order valence-electron chi connectivity index (χ1n) is 11.1. The van der Waals surface area contributed by atoms with Crippen molar-refractivity contribution in [3.63, 3.8) is 0 Å². The summed E-state index contributed by atoms with van der Waals surface area (Å²) in [4.78, 5) is 26.8. The lowest BCUT2D eigenvalue weighted by Crippen LogP contribution is -2.18. The van der Waals surface area contributed by atoms with Gasteiger partial charge in [0.05, 0.1) is 22.4 Å². The molecule has 2 N–H and O–H groups in total. The lowest BCUT2D eigenvalue weighted by atomic mass is 10.0. The largest absolute Gasteiger partial charge is 0.376 e. The molecule has 0 aliphatic carbocycles. The number of anilines is 3. The van der Waals surface area contributed by atoms with Gasteiger partial charge in [0, 0.05) is 30.6 Å². The zero-order valence-corrected chi connectivity index (χ0v) is 19.5. The molecule has 4 rings (SSSR count). The van der Waals surface area contributed by atoms with Crippen molar-refractivity contribution in [3.8, 4) is 10.6 Å². The molecule has 3 aromatic rings. The van der Waals surface area contributed by atoms with E-state index in [2.05, 4.69) is 29.5 Å². The van der Waals surface area contributed by atoms with Crippen molar-refractivity contribution in [2.75, 3.05) is 23.8 Å². The van der Waals surface area contributed by atoms with Crippen molar-refractivity contribution in [1.82, 2.24) is 15.0 Å². The number of carbonyl (C=O) groups excluding carboxylic acids is 1. The van der Waals surface area contributed by atoms with Crippen LogP contribution < -0.4 is 10.6 Å². The highest BCUT2D eigenvalue weighted by Gasteiger charge is 2.21. The molecule has 1 fully saturated rings. The summed E-state index contributed by atoms with van der Waals surface area (Å²) < 4.78 is 5.72. The van der Waals surface area contributed by atoms with Crippen LogP contribution in [0.15, 0.2) is 36.5 Å². The standard InChI is InChI=1S/C24H29N5O2S/c1-4-15(2)21-22(32-24(29-21)26-14-19-9-6-12-31-19)20-10-11-25-23(28-20)27-18-8-5-7-17(13-18)16(3)30/h5,7-8,10-11,13,15,19H,4,6,9,12,14H2,1-3H3,(H,26,29)(H,25,27,28). The predicted octanol–water partition coefficient (Wildman–Crippen LogP) is 5.65. The van der Waals surface area contributed by atoms with E-state index in [0.29, 0.717) is 17.4 Å². The second-order valence-electron chi connectivity index (χ2n) is 8.09. The van der Waals surface area contributed by atoms with Crippen LogP contribution in [0.4, 0.5) is 16.8 Å². The van der Waals surface area contributed by atoms with Crippen LogP contribution in [0.25, 0.3) is 10.6 Å². The van der Waals surface area contributed by atoms with E-state index in [4.69, 9.17) is 14.7 Å². The first-order valence-corrected chi connectivity index (χ1v) is 11.9. The molecule has 2 unspecified atom stereocenters. The summed E-state index contributed by atoms with van der Waals surface area (Å²) in [6.45, 7) is 7.54. The van der Waals surface area contributed by atoms with E-state index < -0.39 is 0 Å². The van der Waals surface area contributed by atoms with Crippen LogP contribution in [-0.2, 0) is 4.74 Å². The zero-order valence-electron chi connectivity index (χ0n) is 18.7. The minimum absolute atomic E-state index is 0.0224. The number of thiazole rings is 1. The molecule has 0 bridgehead atoms. The van der Waals surface area contributed by atoms with Gasteiger partial charge >= 0.3 is 0 Å². The number of nitrogens with one attached hydrogen (secondary N) is 2. The number of nitrogens with zero attached hydrogens (tertiary/aromatic N) is 3. The van der Waals surface area contributed by atoms with Gasteiger partial charge in [-0.05, 0) is 50.3 Å². The Hall–Kier alpha value is -2.84. The molecule has 0 saturated carbocycles. The predicted molar refractivity (Wildman–Crippen MR) is 129 cm³/mol. The van der Waals surface area contributed by atoms with Gasteiger partial charge in [-0.15, -0.1) is 0 Å². The highest BCUT2D eigenvalue weighted by molar-refractivity contribution is 7.19. The average molecular weight is 452 g/mol. The normalized spacial score (nSPS) is 16.7. The van der Waals surface area contributed by atoms with Crippen molar-refractivity contribution in [1.29, 1.82) is 0 Å². The van der Waals surface area contributed by atoms with Gasteiger partial charge in [0.1, 0.15) is 0 Å². The molecule has 7 nitrogen and oxygen atoms in total. The fraction of sp³-hybridized carbons (Fsp3) is 0.417. The number of aromatic nitrogens is 3. The van der Waals surface area contributed by atoms with Crippen LogP contribution in [0.2, 0.25) is 0 Å².